The Kier molecular flexibility index (Phi) is 8.02. The molecular formula is C18H25IN4. The third-order valence-electron chi connectivity index (χ3n) is 3.72. The van der Waals surface area contributed by atoms with E-state index in [1.165, 1.54) is 5.56 Å². The summed E-state index contributed by atoms with van der Waals surface area (Å²) in [6.07, 6.45) is 1.14. The van der Waals surface area contributed by atoms with E-state index in [-0.39, 0.29) is 24.0 Å². The van der Waals surface area contributed by atoms with Gasteiger partial charge in [0.2, 0.25) is 0 Å². The maximum absolute atomic E-state index is 5.93. The fourth-order valence-electron chi connectivity index (χ4n) is 2.17. The van der Waals surface area contributed by atoms with Gasteiger partial charge in [-0.3, -0.25) is 4.98 Å². The number of rotatable bonds is 5. The largest absolute Gasteiger partial charge is 0.370 e. The second kappa shape index (κ2) is 9.50. The molecule has 124 valence electrons. The van der Waals surface area contributed by atoms with Crippen LogP contribution in [0, 0.1) is 6.92 Å². The number of anilines is 1. The number of nitrogens with two attached hydrogens (primary N) is 1. The van der Waals surface area contributed by atoms with Crippen LogP contribution >= 0.6 is 24.0 Å². The second-order valence-electron chi connectivity index (χ2n) is 5.53. The van der Waals surface area contributed by atoms with Crippen LogP contribution in [-0.2, 0) is 6.54 Å². The molecule has 1 aromatic heterocycles. The number of nitrogens with one attached hydrogen (secondary N) is 1. The van der Waals surface area contributed by atoms with Crippen molar-refractivity contribution >= 4 is 35.6 Å². The van der Waals surface area contributed by atoms with E-state index in [2.05, 4.69) is 41.3 Å². The molecule has 1 unspecified atom stereocenters. The van der Waals surface area contributed by atoms with Crippen LogP contribution in [0.2, 0.25) is 0 Å². The average molecular weight is 424 g/mol. The molecule has 1 aromatic carbocycles. The van der Waals surface area contributed by atoms with Crippen molar-refractivity contribution in [2.75, 3.05) is 5.32 Å². The van der Waals surface area contributed by atoms with Gasteiger partial charge in [0.05, 0.1) is 12.2 Å². The normalized spacial score (nSPS) is 12.4. The van der Waals surface area contributed by atoms with Gasteiger partial charge in [0, 0.05) is 11.4 Å². The predicted octanol–water partition coefficient (Wildman–Crippen LogP) is 4.45. The fraction of sp³-hybridized carbons (Fsp3) is 0.333. The summed E-state index contributed by atoms with van der Waals surface area (Å²) in [5.41, 5.74) is 10.1. The van der Waals surface area contributed by atoms with Crippen molar-refractivity contribution < 1.29 is 0 Å². The van der Waals surface area contributed by atoms with Gasteiger partial charge in [-0.05, 0) is 49.1 Å². The first-order chi connectivity index (χ1) is 10.6. The highest BCUT2D eigenvalue weighted by atomic mass is 127. The summed E-state index contributed by atoms with van der Waals surface area (Å²) in [6.45, 7) is 6.87. The molecule has 0 radical (unpaired) electrons. The van der Waals surface area contributed by atoms with E-state index in [1.54, 1.807) is 0 Å². The highest BCUT2D eigenvalue weighted by Gasteiger charge is 2.03. The van der Waals surface area contributed by atoms with E-state index in [4.69, 9.17) is 5.73 Å². The van der Waals surface area contributed by atoms with E-state index in [1.807, 2.05) is 37.3 Å². The standard InChI is InChI=1S/C18H24N4.HI/c1-4-13(2)15-8-10-16(11-9-15)22-18(19)20-12-17-7-5-6-14(3)21-17;/h5-11,13H,4,12H2,1-3H3,(H3,19,20,22);1H. The Morgan fingerprint density at radius 2 is 1.91 bits per heavy atom. The number of hydrogen-bond donors (Lipinski definition) is 2. The third kappa shape index (κ3) is 6.17. The molecule has 1 heterocycles. The molecule has 23 heavy (non-hydrogen) atoms. The zero-order valence-electron chi connectivity index (χ0n) is 13.9. The summed E-state index contributed by atoms with van der Waals surface area (Å²) in [5, 5.41) is 3.11. The molecule has 5 heteroatoms. The van der Waals surface area contributed by atoms with Crippen LogP contribution in [-0.4, -0.2) is 10.9 Å². The van der Waals surface area contributed by atoms with Crippen LogP contribution in [0.5, 0.6) is 0 Å². The first-order valence-electron chi connectivity index (χ1n) is 7.68. The number of benzene rings is 1. The monoisotopic (exact) mass is 424 g/mol. The molecular weight excluding hydrogens is 399 g/mol. The van der Waals surface area contributed by atoms with Gasteiger partial charge < -0.3 is 11.1 Å². The Morgan fingerprint density at radius 3 is 2.52 bits per heavy atom. The van der Waals surface area contributed by atoms with Gasteiger partial charge >= 0.3 is 0 Å². The fourth-order valence-corrected chi connectivity index (χ4v) is 2.17. The number of hydrogen-bond acceptors (Lipinski definition) is 2. The minimum atomic E-state index is 0. The summed E-state index contributed by atoms with van der Waals surface area (Å²) in [6, 6.07) is 14.2. The zero-order valence-corrected chi connectivity index (χ0v) is 16.2. The summed E-state index contributed by atoms with van der Waals surface area (Å²) < 4.78 is 0. The summed E-state index contributed by atoms with van der Waals surface area (Å²) in [7, 11) is 0. The lowest BCUT2D eigenvalue weighted by Crippen LogP contribution is -2.22. The van der Waals surface area contributed by atoms with Gasteiger partial charge in [-0.2, -0.15) is 0 Å². The van der Waals surface area contributed by atoms with E-state index < -0.39 is 0 Å². The lowest BCUT2D eigenvalue weighted by Gasteiger charge is -2.10. The van der Waals surface area contributed by atoms with E-state index in [9.17, 15) is 0 Å². The molecule has 0 aliphatic rings. The molecule has 3 N–H and O–H groups in total. The molecule has 0 aliphatic heterocycles. The SMILES string of the molecule is CCC(C)c1ccc(NC(N)=NCc2cccc(C)n2)cc1.I. The molecule has 0 bridgehead atoms. The van der Waals surface area contributed by atoms with Crippen LogP contribution in [0.4, 0.5) is 5.69 Å². The molecule has 0 saturated carbocycles. The van der Waals surface area contributed by atoms with Crippen LogP contribution in [0.15, 0.2) is 47.5 Å². The quantitative estimate of drug-likeness (QED) is 0.424. The van der Waals surface area contributed by atoms with Gasteiger partial charge in [0.1, 0.15) is 0 Å². The first-order valence-corrected chi connectivity index (χ1v) is 7.68. The van der Waals surface area contributed by atoms with Gasteiger partial charge in [0.15, 0.2) is 5.96 Å². The molecule has 0 spiro atoms. The van der Waals surface area contributed by atoms with E-state index >= 15 is 0 Å². The number of pyridine rings is 1. The number of halogens is 1. The molecule has 2 rings (SSSR count). The molecule has 4 nitrogen and oxygen atoms in total. The van der Waals surface area contributed by atoms with Crippen molar-refractivity contribution in [2.45, 2.75) is 39.7 Å². The first kappa shape index (κ1) is 19.4. The van der Waals surface area contributed by atoms with Crippen LogP contribution in [0.1, 0.15) is 43.1 Å². The predicted molar refractivity (Wildman–Crippen MR) is 108 cm³/mol. The minimum absolute atomic E-state index is 0. The zero-order chi connectivity index (χ0) is 15.9. The van der Waals surface area contributed by atoms with Crippen molar-refractivity contribution in [3.63, 3.8) is 0 Å². The molecule has 0 fully saturated rings. The van der Waals surface area contributed by atoms with Crippen molar-refractivity contribution in [2.24, 2.45) is 10.7 Å². The van der Waals surface area contributed by atoms with Crippen LogP contribution in [0.3, 0.4) is 0 Å². The molecule has 0 amide bonds. The van der Waals surface area contributed by atoms with Crippen LogP contribution < -0.4 is 11.1 Å². The minimum Gasteiger partial charge on any atom is -0.370 e. The van der Waals surface area contributed by atoms with E-state index in [0.717, 1.165) is 23.5 Å². The van der Waals surface area contributed by atoms with Gasteiger partial charge in [-0.25, -0.2) is 4.99 Å². The lowest BCUT2D eigenvalue weighted by atomic mass is 9.99. The maximum Gasteiger partial charge on any atom is 0.193 e. The Bertz CT molecular complexity index is 638. The molecule has 0 aliphatic carbocycles. The Labute approximate surface area is 155 Å². The number of aliphatic imine (C=N–C) groups is 1. The number of aryl methyl sites for hydroxylation is 1. The second-order valence-corrected chi connectivity index (χ2v) is 5.53. The third-order valence-corrected chi connectivity index (χ3v) is 3.72. The smallest absolute Gasteiger partial charge is 0.193 e. The number of guanidine groups is 1. The topological polar surface area (TPSA) is 63.3 Å². The number of nitrogens with zero attached hydrogens (tertiary/aromatic N) is 2. The van der Waals surface area contributed by atoms with Gasteiger partial charge in [-0.15, -0.1) is 24.0 Å². The van der Waals surface area contributed by atoms with Crippen molar-refractivity contribution in [3.05, 3.63) is 59.4 Å². The van der Waals surface area contributed by atoms with Gasteiger partial charge in [0.25, 0.3) is 0 Å². The molecule has 0 saturated heterocycles. The Morgan fingerprint density at radius 1 is 1.22 bits per heavy atom. The lowest BCUT2D eigenvalue weighted by molar-refractivity contribution is 0.734. The summed E-state index contributed by atoms with van der Waals surface area (Å²) >= 11 is 0. The highest BCUT2D eigenvalue weighted by molar-refractivity contribution is 14.0. The van der Waals surface area contributed by atoms with Gasteiger partial charge in [-0.1, -0.05) is 32.0 Å². The Hall–Kier alpha value is -1.63. The summed E-state index contributed by atoms with van der Waals surface area (Å²) in [4.78, 5) is 8.73. The highest BCUT2D eigenvalue weighted by Crippen LogP contribution is 2.20. The average Bonchev–Trinajstić information content (AvgIpc) is 2.53. The molecule has 1 atom stereocenters. The maximum atomic E-state index is 5.93. The summed E-state index contributed by atoms with van der Waals surface area (Å²) in [5.74, 6) is 0.979. The van der Waals surface area contributed by atoms with Crippen LogP contribution in [0.25, 0.3) is 0 Å². The van der Waals surface area contributed by atoms with E-state index in [0.29, 0.717) is 18.4 Å². The van der Waals surface area contributed by atoms with Crippen molar-refractivity contribution in [3.8, 4) is 0 Å². The Balaban J connectivity index is 0.00000264. The number of aromatic nitrogens is 1. The van der Waals surface area contributed by atoms with Crippen molar-refractivity contribution in [1.29, 1.82) is 0 Å². The van der Waals surface area contributed by atoms with Crippen molar-refractivity contribution in [1.82, 2.24) is 4.98 Å². The molecule has 2 aromatic rings.